The lowest BCUT2D eigenvalue weighted by Gasteiger charge is -2.05. The summed E-state index contributed by atoms with van der Waals surface area (Å²) in [6.07, 6.45) is 2.19. The van der Waals surface area contributed by atoms with Crippen LogP contribution in [0.1, 0.15) is 10.4 Å². The van der Waals surface area contributed by atoms with Crippen LogP contribution in [0.25, 0.3) is 0 Å². The van der Waals surface area contributed by atoms with Crippen LogP contribution in [0.2, 0.25) is 0 Å². The molecule has 0 N–H and O–H groups in total. The lowest BCUT2D eigenvalue weighted by Crippen LogP contribution is -2.14. The molecule has 0 aliphatic rings. The lowest BCUT2D eigenvalue weighted by molar-refractivity contribution is -0.144. The number of hydrogen-bond donors (Lipinski definition) is 0. The van der Waals surface area contributed by atoms with E-state index in [1.54, 1.807) is 24.3 Å². The van der Waals surface area contributed by atoms with Crippen molar-refractivity contribution in [1.29, 1.82) is 0 Å². The van der Waals surface area contributed by atoms with Gasteiger partial charge in [0, 0.05) is 5.56 Å². The summed E-state index contributed by atoms with van der Waals surface area (Å²) in [6, 6.07) is 6.53. The van der Waals surface area contributed by atoms with Crippen LogP contribution in [-0.2, 0) is 9.53 Å². The Morgan fingerprint density at radius 2 is 2.25 bits per heavy atom. The number of ether oxygens (including phenoxy) is 2. The molecule has 0 bridgehead atoms. The second-order valence-corrected chi connectivity index (χ2v) is 2.95. The van der Waals surface area contributed by atoms with Crippen LogP contribution in [-0.4, -0.2) is 25.5 Å². The average Bonchev–Trinajstić information content (AvgIpc) is 2.34. The molecule has 0 radical (unpaired) electrons. The minimum atomic E-state index is -0.476. The molecule has 0 amide bonds. The monoisotopic (exact) mass is 220 g/mol. The van der Waals surface area contributed by atoms with E-state index in [0.717, 1.165) is 0 Å². The van der Waals surface area contributed by atoms with E-state index in [4.69, 9.17) is 9.47 Å². The van der Waals surface area contributed by atoms with Gasteiger partial charge in [0.1, 0.15) is 18.6 Å². The minimum Gasteiger partial charge on any atom is -0.482 e. The van der Waals surface area contributed by atoms with Crippen LogP contribution in [0.4, 0.5) is 0 Å². The third kappa shape index (κ3) is 3.96. The van der Waals surface area contributed by atoms with Gasteiger partial charge in [-0.2, -0.15) is 0 Å². The molecular weight excluding hydrogens is 208 g/mol. The summed E-state index contributed by atoms with van der Waals surface area (Å²) < 4.78 is 9.86. The smallest absolute Gasteiger partial charge is 0.344 e. The quantitative estimate of drug-likeness (QED) is 0.415. The molecule has 4 nitrogen and oxygen atoms in total. The van der Waals surface area contributed by atoms with E-state index in [9.17, 15) is 9.59 Å². The molecule has 1 aromatic rings. The second kappa shape index (κ2) is 6.40. The Labute approximate surface area is 93.5 Å². The average molecular weight is 220 g/mol. The number of benzene rings is 1. The molecule has 0 saturated heterocycles. The number of esters is 1. The van der Waals surface area contributed by atoms with Gasteiger partial charge in [-0.05, 0) is 12.1 Å². The lowest BCUT2D eigenvalue weighted by atomic mass is 10.2. The standard InChI is InChI=1S/C12H12O4/c1-2-6-15-12(14)9-16-11-5-3-4-10(7-11)8-13/h2-5,7-8H,1,6,9H2. The maximum Gasteiger partial charge on any atom is 0.344 e. The SMILES string of the molecule is C=CCOC(=O)COc1cccc(C=O)c1. The van der Waals surface area contributed by atoms with Crippen molar-refractivity contribution in [2.24, 2.45) is 0 Å². The Kier molecular flexibility index (Phi) is 4.79. The van der Waals surface area contributed by atoms with Gasteiger partial charge in [-0.1, -0.05) is 24.8 Å². The maximum absolute atomic E-state index is 11.1. The van der Waals surface area contributed by atoms with Crippen molar-refractivity contribution in [2.75, 3.05) is 13.2 Å². The van der Waals surface area contributed by atoms with Crippen molar-refractivity contribution in [3.05, 3.63) is 42.5 Å². The van der Waals surface area contributed by atoms with Gasteiger partial charge in [-0.3, -0.25) is 4.79 Å². The third-order valence-corrected chi connectivity index (χ3v) is 1.71. The van der Waals surface area contributed by atoms with Crippen LogP contribution < -0.4 is 4.74 Å². The third-order valence-electron chi connectivity index (χ3n) is 1.71. The Bertz CT molecular complexity index is 384. The maximum atomic E-state index is 11.1. The normalized spacial score (nSPS) is 9.25. The fourth-order valence-electron chi connectivity index (χ4n) is 1.01. The first-order valence-corrected chi connectivity index (χ1v) is 4.71. The van der Waals surface area contributed by atoms with Gasteiger partial charge in [0.15, 0.2) is 6.61 Å². The Hall–Kier alpha value is -2.10. The van der Waals surface area contributed by atoms with E-state index in [1.165, 1.54) is 6.08 Å². The van der Waals surface area contributed by atoms with E-state index >= 15 is 0 Å². The first-order chi connectivity index (χ1) is 7.76. The summed E-state index contributed by atoms with van der Waals surface area (Å²) in [5, 5.41) is 0. The van der Waals surface area contributed by atoms with Crippen molar-refractivity contribution in [1.82, 2.24) is 0 Å². The van der Waals surface area contributed by atoms with Crippen molar-refractivity contribution in [3.8, 4) is 5.75 Å². The molecular formula is C12H12O4. The summed E-state index contributed by atoms with van der Waals surface area (Å²) in [7, 11) is 0. The summed E-state index contributed by atoms with van der Waals surface area (Å²) in [4.78, 5) is 21.5. The van der Waals surface area contributed by atoms with Gasteiger partial charge in [-0.15, -0.1) is 0 Å². The van der Waals surface area contributed by atoms with Crippen LogP contribution in [0, 0.1) is 0 Å². The Morgan fingerprint density at radius 3 is 2.94 bits per heavy atom. The van der Waals surface area contributed by atoms with Crippen molar-refractivity contribution < 1.29 is 19.1 Å². The molecule has 0 aromatic heterocycles. The molecule has 0 aliphatic carbocycles. The zero-order chi connectivity index (χ0) is 11.8. The highest BCUT2D eigenvalue weighted by Gasteiger charge is 2.03. The predicted molar refractivity (Wildman–Crippen MR) is 58.5 cm³/mol. The van der Waals surface area contributed by atoms with E-state index in [0.29, 0.717) is 17.6 Å². The zero-order valence-corrected chi connectivity index (χ0v) is 8.72. The molecule has 16 heavy (non-hydrogen) atoms. The first-order valence-electron chi connectivity index (χ1n) is 4.71. The van der Waals surface area contributed by atoms with Gasteiger partial charge < -0.3 is 9.47 Å². The summed E-state index contributed by atoms with van der Waals surface area (Å²) in [6.45, 7) is 3.40. The molecule has 0 fully saturated rings. The molecule has 84 valence electrons. The second-order valence-electron chi connectivity index (χ2n) is 2.95. The van der Waals surface area contributed by atoms with Crippen LogP contribution in [0.15, 0.2) is 36.9 Å². The van der Waals surface area contributed by atoms with Gasteiger partial charge >= 0.3 is 5.97 Å². The van der Waals surface area contributed by atoms with E-state index in [-0.39, 0.29) is 13.2 Å². The van der Waals surface area contributed by atoms with Crippen molar-refractivity contribution >= 4 is 12.3 Å². The molecule has 1 aromatic carbocycles. The summed E-state index contributed by atoms with van der Waals surface area (Å²) in [5.74, 6) is -0.0171. The highest BCUT2D eigenvalue weighted by molar-refractivity contribution is 5.75. The van der Waals surface area contributed by atoms with Gasteiger partial charge in [0.05, 0.1) is 0 Å². The summed E-state index contributed by atoms with van der Waals surface area (Å²) in [5.41, 5.74) is 0.497. The van der Waals surface area contributed by atoms with E-state index < -0.39 is 5.97 Å². The Balaban J connectivity index is 2.44. The molecule has 0 saturated carbocycles. The van der Waals surface area contributed by atoms with Gasteiger partial charge in [0.25, 0.3) is 0 Å². The predicted octanol–water partition coefficient (Wildman–Crippen LogP) is 1.61. The van der Waals surface area contributed by atoms with Crippen LogP contribution >= 0.6 is 0 Å². The Morgan fingerprint density at radius 1 is 1.44 bits per heavy atom. The van der Waals surface area contributed by atoms with Crippen molar-refractivity contribution in [2.45, 2.75) is 0 Å². The number of carbonyl (C=O) groups is 2. The van der Waals surface area contributed by atoms with E-state index in [1.807, 2.05) is 0 Å². The fraction of sp³-hybridized carbons (Fsp3) is 0.167. The van der Waals surface area contributed by atoms with E-state index in [2.05, 4.69) is 6.58 Å². The largest absolute Gasteiger partial charge is 0.482 e. The molecule has 0 spiro atoms. The number of rotatable bonds is 6. The molecule has 0 unspecified atom stereocenters. The topological polar surface area (TPSA) is 52.6 Å². The molecule has 0 atom stereocenters. The zero-order valence-electron chi connectivity index (χ0n) is 8.72. The highest BCUT2D eigenvalue weighted by Crippen LogP contribution is 2.11. The first kappa shape index (κ1) is 12.0. The number of hydrogen-bond acceptors (Lipinski definition) is 4. The molecule has 0 aliphatic heterocycles. The van der Waals surface area contributed by atoms with Crippen LogP contribution in [0.5, 0.6) is 5.75 Å². The molecule has 0 heterocycles. The highest BCUT2D eigenvalue weighted by atomic mass is 16.6. The molecule has 4 heteroatoms. The van der Waals surface area contributed by atoms with Crippen molar-refractivity contribution in [3.63, 3.8) is 0 Å². The summed E-state index contributed by atoms with van der Waals surface area (Å²) >= 11 is 0. The van der Waals surface area contributed by atoms with Crippen LogP contribution in [0.3, 0.4) is 0 Å². The van der Waals surface area contributed by atoms with Gasteiger partial charge in [0.2, 0.25) is 0 Å². The minimum absolute atomic E-state index is 0.163. The number of aldehydes is 1. The number of carbonyl (C=O) groups excluding carboxylic acids is 2. The fourth-order valence-corrected chi connectivity index (χ4v) is 1.01. The van der Waals surface area contributed by atoms with Gasteiger partial charge in [-0.25, -0.2) is 4.79 Å². The molecule has 1 rings (SSSR count).